The molecule has 7 nitrogen and oxygen atoms in total. The van der Waals surface area contributed by atoms with Crippen molar-refractivity contribution in [2.24, 2.45) is 0 Å². The van der Waals surface area contributed by atoms with Crippen LogP contribution in [0.3, 0.4) is 0 Å². The summed E-state index contributed by atoms with van der Waals surface area (Å²) in [4.78, 5) is 0. The smallest absolute Gasteiger partial charge is 0.231 e. The lowest BCUT2D eigenvalue weighted by Crippen LogP contribution is -2.13. The molecule has 2 aromatic rings. The second-order valence-electron chi connectivity index (χ2n) is 6.82. The summed E-state index contributed by atoms with van der Waals surface area (Å²) in [5.74, 6) is 2.30. The zero-order valence-corrected chi connectivity index (χ0v) is 15.9. The molecule has 2 aliphatic rings. The Balaban J connectivity index is 1.73. The molecule has 0 radical (unpaired) electrons. The molecule has 0 bridgehead atoms. The normalized spacial score (nSPS) is 20.6. The lowest BCUT2D eigenvalue weighted by atomic mass is 9.89. The van der Waals surface area contributed by atoms with Crippen LogP contribution in [0.15, 0.2) is 30.3 Å². The number of fused-ring (bicyclic) bond motifs is 2. The van der Waals surface area contributed by atoms with E-state index in [1.165, 1.54) is 0 Å². The van der Waals surface area contributed by atoms with Gasteiger partial charge in [-0.2, -0.15) is 0 Å². The van der Waals surface area contributed by atoms with Gasteiger partial charge in [0.15, 0.2) is 23.0 Å². The molecule has 28 heavy (non-hydrogen) atoms. The Hall–Kier alpha value is -2.48. The first-order chi connectivity index (χ1) is 13.7. The molecular weight excluding hydrogens is 364 g/mol. The average molecular weight is 388 g/mol. The fourth-order valence-corrected chi connectivity index (χ4v) is 3.88. The lowest BCUT2D eigenvalue weighted by molar-refractivity contribution is 0.0772. The Morgan fingerprint density at radius 3 is 2.64 bits per heavy atom. The van der Waals surface area contributed by atoms with Gasteiger partial charge in [0.2, 0.25) is 6.79 Å². The van der Waals surface area contributed by atoms with Crippen molar-refractivity contribution < 1.29 is 33.9 Å². The van der Waals surface area contributed by atoms with E-state index in [1.54, 1.807) is 14.2 Å². The van der Waals surface area contributed by atoms with E-state index >= 15 is 0 Å². The van der Waals surface area contributed by atoms with Crippen molar-refractivity contribution in [1.82, 2.24) is 0 Å². The van der Waals surface area contributed by atoms with Crippen LogP contribution in [0.4, 0.5) is 0 Å². The van der Waals surface area contributed by atoms with Crippen LogP contribution in [0.5, 0.6) is 23.0 Å². The third kappa shape index (κ3) is 3.15. The molecule has 0 aromatic heterocycles. The molecule has 2 aromatic carbocycles. The summed E-state index contributed by atoms with van der Waals surface area (Å²) in [6.45, 7) is 0.127. The number of hydrogen-bond donors (Lipinski definition) is 2. The van der Waals surface area contributed by atoms with Crippen molar-refractivity contribution in [2.45, 2.75) is 24.5 Å². The van der Waals surface area contributed by atoms with Gasteiger partial charge >= 0.3 is 0 Å². The number of rotatable bonds is 7. The van der Waals surface area contributed by atoms with Crippen molar-refractivity contribution in [3.8, 4) is 23.0 Å². The van der Waals surface area contributed by atoms with E-state index in [0.29, 0.717) is 29.4 Å². The monoisotopic (exact) mass is 388 g/mol. The molecule has 0 fully saturated rings. The topological polar surface area (TPSA) is 86.6 Å². The van der Waals surface area contributed by atoms with Gasteiger partial charge in [0, 0.05) is 25.7 Å². The van der Waals surface area contributed by atoms with E-state index in [4.69, 9.17) is 23.7 Å². The highest BCUT2D eigenvalue weighted by atomic mass is 16.7. The van der Waals surface area contributed by atoms with Gasteiger partial charge in [-0.05, 0) is 35.4 Å². The van der Waals surface area contributed by atoms with Crippen molar-refractivity contribution in [3.63, 3.8) is 0 Å². The average Bonchev–Trinajstić information content (AvgIpc) is 3.34. The maximum absolute atomic E-state index is 10.1. The predicted octanol–water partition coefficient (Wildman–Crippen LogP) is 2.70. The molecule has 2 aliphatic heterocycles. The third-order valence-electron chi connectivity index (χ3n) is 5.31. The Morgan fingerprint density at radius 2 is 1.93 bits per heavy atom. The van der Waals surface area contributed by atoms with E-state index in [2.05, 4.69) is 0 Å². The summed E-state index contributed by atoms with van der Waals surface area (Å²) < 4.78 is 28.2. The van der Waals surface area contributed by atoms with Gasteiger partial charge in [0.1, 0.15) is 6.10 Å². The Labute approximate surface area is 163 Å². The number of benzene rings is 2. The maximum atomic E-state index is 10.1. The molecule has 4 rings (SSSR count). The highest BCUT2D eigenvalue weighted by Crippen LogP contribution is 2.52. The van der Waals surface area contributed by atoms with Crippen LogP contribution in [0.2, 0.25) is 0 Å². The summed E-state index contributed by atoms with van der Waals surface area (Å²) in [6, 6.07) is 9.49. The number of methoxy groups -OCH3 is 2. The zero-order valence-electron chi connectivity index (χ0n) is 15.9. The molecule has 150 valence electrons. The van der Waals surface area contributed by atoms with E-state index in [1.807, 2.05) is 30.3 Å². The standard InChI is InChI=1S/C21H24O7/c1-24-16(5-6-22)13-7-14-15(10-23)20(28-21(14)19(9-13)25-2)12-3-4-17-18(8-12)27-11-26-17/h3-4,7-9,15-16,20,22-23H,5-6,10-11H2,1-2H3/t15-,16-,20+/m0/s1. The van der Waals surface area contributed by atoms with E-state index in [0.717, 1.165) is 16.7 Å². The second-order valence-corrected chi connectivity index (χ2v) is 6.82. The molecule has 0 aliphatic carbocycles. The minimum absolute atomic E-state index is 0.0116. The van der Waals surface area contributed by atoms with E-state index < -0.39 is 0 Å². The Kier molecular flexibility index (Phi) is 5.30. The molecule has 3 atom stereocenters. The van der Waals surface area contributed by atoms with Crippen LogP contribution < -0.4 is 18.9 Å². The molecule has 0 unspecified atom stereocenters. The van der Waals surface area contributed by atoms with Gasteiger partial charge in [0.25, 0.3) is 0 Å². The SMILES string of the molecule is COc1cc([C@H](CCO)OC)cc2c1O[C@H](c1ccc3c(c1)OCO3)[C@H]2CO. The highest BCUT2D eigenvalue weighted by Gasteiger charge is 2.38. The quantitative estimate of drug-likeness (QED) is 0.754. The maximum Gasteiger partial charge on any atom is 0.231 e. The van der Waals surface area contributed by atoms with Crippen LogP contribution in [-0.4, -0.2) is 44.4 Å². The Morgan fingerprint density at radius 1 is 1.11 bits per heavy atom. The lowest BCUT2D eigenvalue weighted by Gasteiger charge is -2.18. The largest absolute Gasteiger partial charge is 0.493 e. The van der Waals surface area contributed by atoms with Crippen molar-refractivity contribution in [1.29, 1.82) is 0 Å². The number of aliphatic hydroxyl groups is 2. The second kappa shape index (κ2) is 7.87. The molecule has 7 heteroatoms. The molecule has 2 N–H and O–H groups in total. The summed E-state index contributed by atoms with van der Waals surface area (Å²) in [7, 11) is 3.19. The van der Waals surface area contributed by atoms with Crippen LogP contribution >= 0.6 is 0 Å². The first-order valence-electron chi connectivity index (χ1n) is 9.22. The third-order valence-corrected chi connectivity index (χ3v) is 5.31. The van der Waals surface area contributed by atoms with Crippen LogP contribution in [0.25, 0.3) is 0 Å². The van der Waals surface area contributed by atoms with Gasteiger partial charge in [-0.1, -0.05) is 6.07 Å². The first-order valence-corrected chi connectivity index (χ1v) is 9.22. The molecule has 0 saturated carbocycles. The molecule has 0 amide bonds. The molecule has 0 spiro atoms. The minimum Gasteiger partial charge on any atom is -0.493 e. The summed E-state index contributed by atoms with van der Waals surface area (Å²) >= 11 is 0. The molecule has 2 heterocycles. The summed E-state index contributed by atoms with van der Waals surface area (Å²) in [5.41, 5.74) is 2.63. The van der Waals surface area contributed by atoms with Crippen molar-refractivity contribution in [2.75, 3.05) is 34.2 Å². The van der Waals surface area contributed by atoms with Gasteiger partial charge < -0.3 is 33.9 Å². The number of ether oxygens (including phenoxy) is 5. The van der Waals surface area contributed by atoms with Gasteiger partial charge in [-0.15, -0.1) is 0 Å². The molecular formula is C21H24O7. The van der Waals surface area contributed by atoms with E-state index in [-0.39, 0.29) is 38.1 Å². The fourth-order valence-electron chi connectivity index (χ4n) is 3.88. The Bertz CT molecular complexity index is 851. The van der Waals surface area contributed by atoms with Gasteiger partial charge in [-0.3, -0.25) is 0 Å². The van der Waals surface area contributed by atoms with Crippen LogP contribution in [0.1, 0.15) is 41.2 Å². The van der Waals surface area contributed by atoms with Gasteiger partial charge in [-0.25, -0.2) is 0 Å². The van der Waals surface area contributed by atoms with Crippen molar-refractivity contribution >= 4 is 0 Å². The van der Waals surface area contributed by atoms with Crippen LogP contribution in [0, 0.1) is 0 Å². The highest BCUT2D eigenvalue weighted by molar-refractivity contribution is 5.56. The zero-order chi connectivity index (χ0) is 19.7. The molecule has 0 saturated heterocycles. The summed E-state index contributed by atoms with van der Waals surface area (Å²) in [5, 5.41) is 19.5. The van der Waals surface area contributed by atoms with Gasteiger partial charge in [0.05, 0.1) is 25.7 Å². The summed E-state index contributed by atoms with van der Waals surface area (Å²) in [6.07, 6.45) is -0.181. The fraction of sp³-hybridized carbons (Fsp3) is 0.429. The van der Waals surface area contributed by atoms with Crippen LogP contribution in [-0.2, 0) is 4.74 Å². The number of aliphatic hydroxyl groups excluding tert-OH is 2. The van der Waals surface area contributed by atoms with E-state index in [9.17, 15) is 10.2 Å². The first kappa shape index (κ1) is 18.9. The van der Waals surface area contributed by atoms with Crippen molar-refractivity contribution in [3.05, 3.63) is 47.0 Å². The minimum atomic E-state index is -0.377. The number of hydrogen-bond acceptors (Lipinski definition) is 7. The predicted molar refractivity (Wildman–Crippen MR) is 100 cm³/mol.